The van der Waals surface area contributed by atoms with Gasteiger partial charge in [-0.25, -0.2) is 4.79 Å². The number of carbonyl (C=O) groups is 1. The summed E-state index contributed by atoms with van der Waals surface area (Å²) in [4.78, 5) is 14.0. The van der Waals surface area contributed by atoms with Gasteiger partial charge in [0, 0.05) is 20.1 Å². The van der Waals surface area contributed by atoms with E-state index in [1.54, 1.807) is 12.0 Å². The first-order valence-corrected chi connectivity index (χ1v) is 8.66. The van der Waals surface area contributed by atoms with Crippen LogP contribution in [0.5, 0.6) is 5.75 Å². The normalized spacial score (nSPS) is 10.6. The topological polar surface area (TPSA) is 41.6 Å². The molecule has 0 bridgehead atoms. The summed E-state index contributed by atoms with van der Waals surface area (Å²) in [7, 11) is 3.47. The summed E-state index contributed by atoms with van der Waals surface area (Å²) in [5, 5.41) is 5.23. The number of hydrogen-bond donors (Lipinski definition) is 1. The zero-order valence-corrected chi connectivity index (χ0v) is 15.5. The molecule has 4 nitrogen and oxygen atoms in total. The van der Waals surface area contributed by atoms with Crippen molar-refractivity contribution in [3.63, 3.8) is 0 Å². The molecule has 1 N–H and O–H groups in total. The zero-order valence-electron chi connectivity index (χ0n) is 15.5. The van der Waals surface area contributed by atoms with Crippen molar-refractivity contribution in [3.8, 4) is 5.75 Å². The van der Waals surface area contributed by atoms with E-state index in [4.69, 9.17) is 4.74 Å². The van der Waals surface area contributed by atoms with Crippen LogP contribution in [0.4, 0.5) is 4.79 Å². The summed E-state index contributed by atoms with van der Waals surface area (Å²) in [6, 6.07) is 20.3. The van der Waals surface area contributed by atoms with Crippen molar-refractivity contribution in [3.05, 3.63) is 77.4 Å². The molecule has 2 amide bonds. The molecule has 0 unspecified atom stereocenters. The molecule has 0 saturated carbocycles. The largest absolute Gasteiger partial charge is 0.497 e. The second-order valence-electron chi connectivity index (χ2n) is 6.55. The van der Waals surface area contributed by atoms with Gasteiger partial charge in [0.2, 0.25) is 0 Å². The Morgan fingerprint density at radius 1 is 0.962 bits per heavy atom. The first kappa shape index (κ1) is 17.8. The number of nitrogens with zero attached hydrogens (tertiary/aromatic N) is 1. The summed E-state index contributed by atoms with van der Waals surface area (Å²) in [6.07, 6.45) is 0. The predicted octanol–water partition coefficient (Wildman–Crippen LogP) is 4.50. The number of ether oxygens (including phenoxy) is 1. The minimum Gasteiger partial charge on any atom is -0.497 e. The molecule has 3 aromatic carbocycles. The van der Waals surface area contributed by atoms with Crippen LogP contribution < -0.4 is 10.1 Å². The van der Waals surface area contributed by atoms with Crippen LogP contribution in [0.25, 0.3) is 10.8 Å². The van der Waals surface area contributed by atoms with Gasteiger partial charge in [-0.15, -0.1) is 0 Å². The third-order valence-electron chi connectivity index (χ3n) is 4.44. The maximum atomic E-state index is 12.3. The first-order valence-electron chi connectivity index (χ1n) is 8.66. The smallest absolute Gasteiger partial charge is 0.317 e. The number of rotatable bonds is 5. The maximum absolute atomic E-state index is 12.3. The van der Waals surface area contributed by atoms with E-state index in [-0.39, 0.29) is 6.03 Å². The lowest BCUT2D eigenvalue weighted by Gasteiger charge is -2.18. The van der Waals surface area contributed by atoms with E-state index < -0.39 is 0 Å². The highest BCUT2D eigenvalue weighted by Gasteiger charge is 2.09. The maximum Gasteiger partial charge on any atom is 0.317 e. The van der Waals surface area contributed by atoms with E-state index in [2.05, 4.69) is 48.6 Å². The van der Waals surface area contributed by atoms with Crippen LogP contribution in [0.2, 0.25) is 0 Å². The van der Waals surface area contributed by atoms with Gasteiger partial charge in [0.05, 0.1) is 7.11 Å². The highest BCUT2D eigenvalue weighted by Crippen LogP contribution is 2.21. The third-order valence-corrected chi connectivity index (χ3v) is 4.44. The number of methoxy groups -OCH3 is 1. The van der Waals surface area contributed by atoms with Crippen LogP contribution in [-0.2, 0) is 13.1 Å². The number of aryl methyl sites for hydroxylation is 1. The summed E-state index contributed by atoms with van der Waals surface area (Å²) < 4.78 is 5.25. The van der Waals surface area contributed by atoms with E-state index in [0.29, 0.717) is 13.1 Å². The number of hydrogen-bond acceptors (Lipinski definition) is 2. The Bertz CT molecular complexity index is 904. The number of amides is 2. The van der Waals surface area contributed by atoms with Gasteiger partial charge in [0.25, 0.3) is 0 Å². The molecule has 0 atom stereocenters. The molecule has 0 aliphatic carbocycles. The van der Waals surface area contributed by atoms with Gasteiger partial charge in [0.1, 0.15) is 5.75 Å². The summed E-state index contributed by atoms with van der Waals surface area (Å²) in [6.45, 7) is 3.14. The van der Waals surface area contributed by atoms with Crippen LogP contribution in [-0.4, -0.2) is 25.1 Å². The molecular weight excluding hydrogens is 324 g/mol. The number of nitrogens with one attached hydrogen (secondary N) is 1. The van der Waals surface area contributed by atoms with Crippen molar-refractivity contribution in [1.29, 1.82) is 0 Å². The SMILES string of the molecule is COc1ccc2cc(CNC(=O)N(C)Cc3ccc(C)cc3)ccc2c1. The lowest BCUT2D eigenvalue weighted by Crippen LogP contribution is -2.36. The summed E-state index contributed by atoms with van der Waals surface area (Å²) >= 11 is 0. The Labute approximate surface area is 154 Å². The van der Waals surface area contributed by atoms with E-state index >= 15 is 0 Å². The quantitative estimate of drug-likeness (QED) is 0.738. The third kappa shape index (κ3) is 4.33. The Kier molecular flexibility index (Phi) is 5.42. The Morgan fingerprint density at radius 3 is 2.35 bits per heavy atom. The van der Waals surface area contributed by atoms with Crippen LogP contribution in [0.3, 0.4) is 0 Å². The molecule has 3 rings (SSSR count). The van der Waals surface area contributed by atoms with Gasteiger partial charge >= 0.3 is 6.03 Å². The lowest BCUT2D eigenvalue weighted by molar-refractivity contribution is 0.206. The number of urea groups is 1. The molecule has 0 aromatic heterocycles. The van der Waals surface area contributed by atoms with Gasteiger partial charge in [-0.1, -0.05) is 48.0 Å². The second-order valence-corrected chi connectivity index (χ2v) is 6.55. The fourth-order valence-corrected chi connectivity index (χ4v) is 2.86. The molecule has 3 aromatic rings. The van der Waals surface area contributed by atoms with E-state index in [1.807, 2.05) is 31.3 Å². The number of fused-ring (bicyclic) bond motifs is 1. The Morgan fingerprint density at radius 2 is 1.62 bits per heavy atom. The van der Waals surface area contributed by atoms with Crippen molar-refractivity contribution in [2.45, 2.75) is 20.0 Å². The standard InChI is InChI=1S/C22H24N2O2/c1-16-4-6-17(7-5-16)15-24(2)22(25)23-14-18-8-9-20-13-21(26-3)11-10-19(20)12-18/h4-13H,14-15H2,1-3H3,(H,23,25). The highest BCUT2D eigenvalue weighted by molar-refractivity contribution is 5.84. The van der Waals surface area contributed by atoms with E-state index in [0.717, 1.165) is 27.6 Å². The molecule has 0 aliphatic heterocycles. The van der Waals surface area contributed by atoms with Crippen molar-refractivity contribution in [2.24, 2.45) is 0 Å². The van der Waals surface area contributed by atoms with Crippen LogP contribution >= 0.6 is 0 Å². The Hall–Kier alpha value is -3.01. The van der Waals surface area contributed by atoms with Gasteiger partial charge in [-0.3, -0.25) is 0 Å². The summed E-state index contributed by atoms with van der Waals surface area (Å²) in [5.74, 6) is 0.844. The van der Waals surface area contributed by atoms with E-state index in [9.17, 15) is 4.79 Å². The molecule has 0 aliphatic rings. The second kappa shape index (κ2) is 7.91. The Balaban J connectivity index is 1.59. The number of benzene rings is 3. The summed E-state index contributed by atoms with van der Waals surface area (Å²) in [5.41, 5.74) is 3.41. The zero-order chi connectivity index (χ0) is 18.5. The molecule has 4 heteroatoms. The minimum absolute atomic E-state index is 0.0830. The monoisotopic (exact) mass is 348 g/mol. The van der Waals surface area contributed by atoms with Crippen LogP contribution in [0.1, 0.15) is 16.7 Å². The molecule has 0 spiro atoms. The first-order chi connectivity index (χ1) is 12.5. The molecule has 0 saturated heterocycles. The molecule has 26 heavy (non-hydrogen) atoms. The van der Waals surface area contributed by atoms with Gasteiger partial charge in [-0.05, 0) is 47.0 Å². The molecule has 0 radical (unpaired) electrons. The van der Waals surface area contributed by atoms with Crippen LogP contribution in [0.15, 0.2) is 60.7 Å². The van der Waals surface area contributed by atoms with Gasteiger partial charge < -0.3 is 15.0 Å². The lowest BCUT2D eigenvalue weighted by atomic mass is 10.1. The number of carbonyl (C=O) groups excluding carboxylic acids is 1. The minimum atomic E-state index is -0.0830. The van der Waals surface area contributed by atoms with Crippen LogP contribution in [0, 0.1) is 6.92 Å². The molecule has 0 fully saturated rings. The molecular formula is C22H24N2O2. The van der Waals surface area contributed by atoms with Crippen molar-refractivity contribution < 1.29 is 9.53 Å². The van der Waals surface area contributed by atoms with Gasteiger partial charge in [0.15, 0.2) is 0 Å². The average Bonchev–Trinajstić information content (AvgIpc) is 2.67. The van der Waals surface area contributed by atoms with Crippen molar-refractivity contribution >= 4 is 16.8 Å². The predicted molar refractivity (Wildman–Crippen MR) is 105 cm³/mol. The van der Waals surface area contributed by atoms with Crippen molar-refractivity contribution in [2.75, 3.05) is 14.2 Å². The van der Waals surface area contributed by atoms with Gasteiger partial charge in [-0.2, -0.15) is 0 Å². The fourth-order valence-electron chi connectivity index (χ4n) is 2.86. The highest BCUT2D eigenvalue weighted by atomic mass is 16.5. The molecule has 134 valence electrons. The van der Waals surface area contributed by atoms with Crippen molar-refractivity contribution in [1.82, 2.24) is 10.2 Å². The average molecular weight is 348 g/mol. The van der Waals surface area contributed by atoms with E-state index in [1.165, 1.54) is 5.56 Å². The molecule has 0 heterocycles. The fraction of sp³-hybridized carbons (Fsp3) is 0.227.